The van der Waals surface area contributed by atoms with Crippen LogP contribution >= 0.6 is 0 Å². The number of amides is 2. The molecule has 5 heteroatoms. The lowest BCUT2D eigenvalue weighted by Gasteiger charge is -2.31. The molecule has 0 aliphatic rings. The molecule has 3 rings (SSSR count). The third-order valence-electron chi connectivity index (χ3n) is 6.19. The Morgan fingerprint density at radius 1 is 0.848 bits per heavy atom. The van der Waals surface area contributed by atoms with Crippen LogP contribution in [-0.2, 0) is 36.1 Å². The van der Waals surface area contributed by atoms with E-state index in [4.69, 9.17) is 0 Å². The first-order valence-corrected chi connectivity index (χ1v) is 11.7. The Labute approximate surface area is 197 Å². The summed E-state index contributed by atoms with van der Waals surface area (Å²) in [6.45, 7) is 5.19. The van der Waals surface area contributed by atoms with E-state index in [2.05, 4.69) is 6.92 Å². The third kappa shape index (κ3) is 7.07. The van der Waals surface area contributed by atoms with Gasteiger partial charge >= 0.3 is 0 Å². The van der Waals surface area contributed by atoms with Crippen LogP contribution in [0, 0.1) is 0 Å². The van der Waals surface area contributed by atoms with Crippen molar-refractivity contribution in [1.29, 1.82) is 0 Å². The average Bonchev–Trinajstić information content (AvgIpc) is 3.25. The Morgan fingerprint density at radius 2 is 1.48 bits per heavy atom. The van der Waals surface area contributed by atoms with E-state index in [9.17, 15) is 9.59 Å². The van der Waals surface area contributed by atoms with Crippen molar-refractivity contribution in [3.8, 4) is 0 Å². The topological polar surface area (TPSA) is 45.6 Å². The molecule has 0 aliphatic heterocycles. The van der Waals surface area contributed by atoms with Crippen LogP contribution in [0.5, 0.6) is 0 Å². The van der Waals surface area contributed by atoms with E-state index in [0.29, 0.717) is 25.9 Å². The number of benzene rings is 2. The summed E-state index contributed by atoms with van der Waals surface area (Å²) in [6, 6.07) is 24.0. The molecule has 0 radical (unpaired) electrons. The van der Waals surface area contributed by atoms with Gasteiger partial charge in [0.1, 0.15) is 6.54 Å². The minimum absolute atomic E-state index is 0.00540. The van der Waals surface area contributed by atoms with Crippen LogP contribution in [0.25, 0.3) is 0 Å². The van der Waals surface area contributed by atoms with E-state index >= 15 is 0 Å². The summed E-state index contributed by atoms with van der Waals surface area (Å²) in [7, 11) is 1.99. The second kappa shape index (κ2) is 12.0. The van der Waals surface area contributed by atoms with Gasteiger partial charge in [-0.3, -0.25) is 9.59 Å². The summed E-state index contributed by atoms with van der Waals surface area (Å²) >= 11 is 0. The van der Waals surface area contributed by atoms with Crippen molar-refractivity contribution >= 4 is 11.8 Å². The van der Waals surface area contributed by atoms with Gasteiger partial charge in [-0.15, -0.1) is 0 Å². The van der Waals surface area contributed by atoms with Crippen molar-refractivity contribution in [2.45, 2.75) is 52.2 Å². The summed E-state index contributed by atoms with van der Waals surface area (Å²) in [4.78, 5) is 30.3. The number of carbonyl (C=O) groups excluding carboxylic acids is 2. The summed E-state index contributed by atoms with van der Waals surface area (Å²) in [6.07, 6.45) is 3.87. The first kappa shape index (κ1) is 24.3. The Hall–Kier alpha value is -3.34. The highest BCUT2D eigenvalue weighted by molar-refractivity contribution is 5.85. The number of carbonyl (C=O) groups is 2. The number of hydrogen-bond donors (Lipinski definition) is 0. The molecule has 3 aromatic rings. The fraction of sp³-hybridized carbons (Fsp3) is 0.357. The third-order valence-corrected chi connectivity index (χ3v) is 6.19. The zero-order valence-corrected chi connectivity index (χ0v) is 20.0. The fourth-order valence-corrected chi connectivity index (χ4v) is 3.89. The minimum atomic E-state index is -0.0339. The molecule has 33 heavy (non-hydrogen) atoms. The summed E-state index contributed by atoms with van der Waals surface area (Å²) in [5, 5.41) is 0. The van der Waals surface area contributed by atoms with Gasteiger partial charge < -0.3 is 14.4 Å². The summed E-state index contributed by atoms with van der Waals surface area (Å²) < 4.78 is 2.03. The number of aryl methyl sites for hydroxylation is 2. The highest BCUT2D eigenvalue weighted by Gasteiger charge is 2.25. The van der Waals surface area contributed by atoms with Gasteiger partial charge in [-0.05, 0) is 43.0 Å². The predicted octanol–water partition coefficient (Wildman–Crippen LogP) is 4.81. The van der Waals surface area contributed by atoms with Crippen LogP contribution in [0.2, 0.25) is 0 Å². The SMILES string of the molecule is CCC(C)N(CC(=O)N(Cc1ccccc1)Cc1cccn1C)C(=O)CCc1ccccc1. The summed E-state index contributed by atoms with van der Waals surface area (Å²) in [5.74, 6) is -0.00602. The van der Waals surface area contributed by atoms with Gasteiger partial charge in [-0.1, -0.05) is 67.6 Å². The minimum Gasteiger partial charge on any atom is -0.353 e. The molecule has 0 saturated heterocycles. The van der Waals surface area contributed by atoms with E-state index in [-0.39, 0.29) is 24.4 Å². The van der Waals surface area contributed by atoms with Gasteiger partial charge in [0.25, 0.3) is 0 Å². The lowest BCUT2D eigenvalue weighted by Crippen LogP contribution is -2.46. The second-order valence-corrected chi connectivity index (χ2v) is 8.61. The highest BCUT2D eigenvalue weighted by Crippen LogP contribution is 2.14. The van der Waals surface area contributed by atoms with Crippen molar-refractivity contribution in [1.82, 2.24) is 14.4 Å². The number of rotatable bonds is 11. The van der Waals surface area contributed by atoms with E-state index in [1.54, 1.807) is 4.90 Å². The Balaban J connectivity index is 1.73. The van der Waals surface area contributed by atoms with Crippen molar-refractivity contribution in [2.24, 2.45) is 7.05 Å². The molecule has 1 aromatic heterocycles. The maximum Gasteiger partial charge on any atom is 0.242 e. The molecule has 5 nitrogen and oxygen atoms in total. The van der Waals surface area contributed by atoms with Gasteiger partial charge in [-0.25, -0.2) is 0 Å². The molecule has 0 bridgehead atoms. The van der Waals surface area contributed by atoms with Crippen molar-refractivity contribution < 1.29 is 9.59 Å². The van der Waals surface area contributed by atoms with Gasteiger partial charge in [0, 0.05) is 37.9 Å². The van der Waals surface area contributed by atoms with Crippen LogP contribution in [0.3, 0.4) is 0 Å². The quantitative estimate of drug-likeness (QED) is 0.425. The molecule has 1 unspecified atom stereocenters. The molecule has 0 N–H and O–H groups in total. The van der Waals surface area contributed by atoms with Crippen molar-refractivity contribution in [3.05, 3.63) is 95.8 Å². The highest BCUT2D eigenvalue weighted by atomic mass is 16.2. The van der Waals surface area contributed by atoms with Gasteiger partial charge in [0.2, 0.25) is 11.8 Å². The molecule has 2 amide bonds. The van der Waals surface area contributed by atoms with Crippen LogP contribution < -0.4 is 0 Å². The molecular weight excluding hydrogens is 410 g/mol. The number of hydrogen-bond acceptors (Lipinski definition) is 2. The fourth-order valence-electron chi connectivity index (χ4n) is 3.89. The second-order valence-electron chi connectivity index (χ2n) is 8.61. The van der Waals surface area contributed by atoms with Gasteiger partial charge in [0.15, 0.2) is 0 Å². The lowest BCUT2D eigenvalue weighted by molar-refractivity contribution is -0.143. The number of aromatic nitrogens is 1. The molecule has 2 aromatic carbocycles. The van der Waals surface area contributed by atoms with Gasteiger partial charge in [0.05, 0.1) is 6.54 Å². The normalized spacial score (nSPS) is 11.7. The van der Waals surface area contributed by atoms with Crippen molar-refractivity contribution in [2.75, 3.05) is 6.54 Å². The Morgan fingerprint density at radius 3 is 2.06 bits per heavy atom. The smallest absolute Gasteiger partial charge is 0.242 e. The van der Waals surface area contributed by atoms with E-state index in [0.717, 1.165) is 23.2 Å². The number of nitrogens with zero attached hydrogens (tertiary/aromatic N) is 3. The molecule has 0 fully saturated rings. The van der Waals surface area contributed by atoms with E-state index in [1.165, 1.54) is 0 Å². The van der Waals surface area contributed by atoms with Gasteiger partial charge in [-0.2, -0.15) is 0 Å². The predicted molar refractivity (Wildman–Crippen MR) is 132 cm³/mol. The van der Waals surface area contributed by atoms with E-state index in [1.807, 2.05) is 102 Å². The molecular formula is C28H35N3O2. The lowest BCUT2D eigenvalue weighted by atomic mass is 10.1. The molecule has 0 saturated carbocycles. The standard InChI is InChI=1S/C28H35N3O2/c1-4-23(2)31(27(32)18-17-24-12-7-5-8-13-24)22-28(33)30(20-25-14-9-6-10-15-25)21-26-16-11-19-29(26)3/h5-16,19,23H,4,17-18,20-22H2,1-3H3. The first-order chi connectivity index (χ1) is 16.0. The van der Waals surface area contributed by atoms with Crippen molar-refractivity contribution in [3.63, 3.8) is 0 Å². The summed E-state index contributed by atoms with van der Waals surface area (Å²) in [5.41, 5.74) is 3.27. The van der Waals surface area contributed by atoms with E-state index < -0.39 is 0 Å². The average molecular weight is 446 g/mol. The Bertz CT molecular complexity index is 1010. The molecule has 174 valence electrons. The first-order valence-electron chi connectivity index (χ1n) is 11.7. The largest absolute Gasteiger partial charge is 0.353 e. The van der Waals surface area contributed by atoms with Crippen LogP contribution in [-0.4, -0.2) is 38.8 Å². The zero-order chi connectivity index (χ0) is 23.6. The maximum atomic E-state index is 13.5. The monoisotopic (exact) mass is 445 g/mol. The van der Waals surface area contributed by atoms with Crippen LogP contribution in [0.15, 0.2) is 79.0 Å². The maximum absolute atomic E-state index is 13.5. The molecule has 1 atom stereocenters. The molecule has 0 spiro atoms. The zero-order valence-electron chi connectivity index (χ0n) is 20.0. The van der Waals surface area contributed by atoms with Crippen LogP contribution in [0.4, 0.5) is 0 Å². The van der Waals surface area contributed by atoms with Crippen LogP contribution in [0.1, 0.15) is 43.5 Å². The molecule has 1 heterocycles. The molecule has 0 aliphatic carbocycles. The Kier molecular flexibility index (Phi) is 8.87.